The molecule has 0 atom stereocenters. The zero-order valence-electron chi connectivity index (χ0n) is 9.07. The first-order chi connectivity index (χ1) is 7.60. The van der Waals surface area contributed by atoms with Crippen LogP contribution in [0.5, 0.6) is 0 Å². The van der Waals surface area contributed by atoms with Crippen molar-refractivity contribution in [2.75, 3.05) is 6.61 Å². The highest BCUT2D eigenvalue weighted by Crippen LogP contribution is 2.71. The monoisotopic (exact) mass is 284 g/mol. The normalized spacial score (nSPS) is 35.1. The maximum Gasteiger partial charge on any atom is 0.312 e. The number of halogens is 1. The molecule has 4 nitrogen and oxygen atoms in total. The van der Waals surface area contributed by atoms with E-state index in [1.807, 2.05) is 17.8 Å². The lowest BCUT2D eigenvalue weighted by molar-refractivity contribution is -0.221. The van der Waals surface area contributed by atoms with Crippen LogP contribution < -0.4 is 0 Å². The molecule has 0 spiro atoms. The van der Waals surface area contributed by atoms with Crippen LogP contribution in [0.2, 0.25) is 0 Å². The van der Waals surface area contributed by atoms with E-state index in [4.69, 9.17) is 4.74 Å². The highest BCUT2D eigenvalue weighted by atomic mass is 79.9. The van der Waals surface area contributed by atoms with Crippen LogP contribution in [0.3, 0.4) is 0 Å². The minimum absolute atomic E-state index is 0.0249. The second-order valence-electron chi connectivity index (χ2n) is 4.86. The number of hydrogen-bond acceptors (Lipinski definition) is 3. The summed E-state index contributed by atoms with van der Waals surface area (Å²) in [7, 11) is 0. The van der Waals surface area contributed by atoms with Gasteiger partial charge in [-0.25, -0.2) is 0 Å². The SMILES string of the molecule is CCOC(=O)C12CC(n3cc(Br)cn3)(C1)C2. The largest absolute Gasteiger partial charge is 0.466 e. The van der Waals surface area contributed by atoms with Gasteiger partial charge in [-0.15, -0.1) is 0 Å². The molecule has 4 rings (SSSR count). The van der Waals surface area contributed by atoms with Crippen molar-refractivity contribution in [3.63, 3.8) is 0 Å². The minimum Gasteiger partial charge on any atom is -0.466 e. The van der Waals surface area contributed by atoms with Gasteiger partial charge in [0, 0.05) is 6.20 Å². The third-order valence-corrected chi connectivity index (χ3v) is 4.16. The fourth-order valence-electron chi connectivity index (χ4n) is 3.04. The highest BCUT2D eigenvalue weighted by Gasteiger charge is 2.74. The number of carbonyl (C=O) groups excluding carboxylic acids is 1. The molecule has 0 aliphatic heterocycles. The smallest absolute Gasteiger partial charge is 0.312 e. The van der Waals surface area contributed by atoms with Crippen LogP contribution in [-0.4, -0.2) is 22.4 Å². The van der Waals surface area contributed by atoms with Crippen molar-refractivity contribution in [2.24, 2.45) is 5.41 Å². The summed E-state index contributed by atoms with van der Waals surface area (Å²) in [4.78, 5) is 11.7. The van der Waals surface area contributed by atoms with Crippen molar-refractivity contribution in [3.8, 4) is 0 Å². The maximum absolute atomic E-state index is 11.7. The Bertz CT molecular complexity index is 435. The molecule has 0 amide bonds. The average Bonchev–Trinajstić information content (AvgIpc) is 2.48. The first kappa shape index (κ1) is 10.3. The van der Waals surface area contributed by atoms with Crippen molar-refractivity contribution in [2.45, 2.75) is 31.7 Å². The molecule has 0 radical (unpaired) electrons. The Labute approximate surface area is 102 Å². The standard InChI is InChI=1S/C11H13BrN2O2/c1-2-16-9(15)10-5-11(6-10,7-10)14-4-8(12)3-13-14/h3-4H,2,5-7H2,1H3. The van der Waals surface area contributed by atoms with E-state index in [2.05, 4.69) is 21.0 Å². The number of esters is 1. The molecule has 3 saturated carbocycles. The van der Waals surface area contributed by atoms with Crippen molar-refractivity contribution in [1.82, 2.24) is 9.78 Å². The summed E-state index contributed by atoms with van der Waals surface area (Å²) in [5, 5.41) is 4.30. The van der Waals surface area contributed by atoms with Crippen molar-refractivity contribution < 1.29 is 9.53 Å². The number of hydrogen-bond donors (Lipinski definition) is 0. The second kappa shape index (κ2) is 3.09. The molecule has 1 aromatic heterocycles. The molecular formula is C11H13BrN2O2. The van der Waals surface area contributed by atoms with Crippen LogP contribution in [0.1, 0.15) is 26.2 Å². The number of aromatic nitrogens is 2. The van der Waals surface area contributed by atoms with Crippen LogP contribution in [0, 0.1) is 5.41 Å². The summed E-state index contributed by atoms with van der Waals surface area (Å²) in [6, 6.07) is 0. The van der Waals surface area contributed by atoms with Gasteiger partial charge in [0.1, 0.15) is 0 Å². The predicted octanol–water partition coefficient (Wildman–Crippen LogP) is 2.09. The van der Waals surface area contributed by atoms with E-state index in [1.165, 1.54) is 0 Å². The van der Waals surface area contributed by atoms with Crippen LogP contribution in [0.25, 0.3) is 0 Å². The first-order valence-corrected chi connectivity index (χ1v) is 6.27. The molecule has 3 aliphatic rings. The van der Waals surface area contributed by atoms with E-state index in [1.54, 1.807) is 6.20 Å². The van der Waals surface area contributed by atoms with Crippen LogP contribution >= 0.6 is 15.9 Å². The lowest BCUT2D eigenvalue weighted by Gasteiger charge is -2.67. The fraction of sp³-hybridized carbons (Fsp3) is 0.636. The Kier molecular flexibility index (Phi) is 2.00. The maximum atomic E-state index is 11.7. The molecule has 16 heavy (non-hydrogen) atoms. The van der Waals surface area contributed by atoms with Crippen LogP contribution in [-0.2, 0) is 15.1 Å². The molecule has 1 heterocycles. The van der Waals surface area contributed by atoms with Gasteiger partial charge in [0.25, 0.3) is 0 Å². The van der Waals surface area contributed by atoms with Gasteiger partial charge in [-0.2, -0.15) is 5.10 Å². The molecule has 0 aromatic carbocycles. The third-order valence-electron chi connectivity index (χ3n) is 3.75. The number of carbonyl (C=O) groups is 1. The Morgan fingerprint density at radius 1 is 1.62 bits per heavy atom. The van der Waals surface area contributed by atoms with Gasteiger partial charge < -0.3 is 4.74 Å². The fourth-order valence-corrected chi connectivity index (χ4v) is 3.32. The molecule has 0 saturated heterocycles. The van der Waals surface area contributed by atoms with E-state index in [-0.39, 0.29) is 16.9 Å². The van der Waals surface area contributed by atoms with Gasteiger partial charge in [0.05, 0.1) is 28.2 Å². The van der Waals surface area contributed by atoms with Gasteiger partial charge >= 0.3 is 5.97 Å². The summed E-state index contributed by atoms with van der Waals surface area (Å²) >= 11 is 3.39. The summed E-state index contributed by atoms with van der Waals surface area (Å²) in [5.41, 5.74) is -0.0901. The lowest BCUT2D eigenvalue weighted by Crippen LogP contribution is -2.71. The van der Waals surface area contributed by atoms with Gasteiger partial charge in [-0.1, -0.05) is 0 Å². The van der Waals surface area contributed by atoms with Gasteiger partial charge in [-0.3, -0.25) is 9.48 Å². The van der Waals surface area contributed by atoms with E-state index in [0.29, 0.717) is 6.61 Å². The van der Waals surface area contributed by atoms with Crippen molar-refractivity contribution in [1.29, 1.82) is 0 Å². The molecule has 0 N–H and O–H groups in total. The van der Waals surface area contributed by atoms with Gasteiger partial charge in [-0.05, 0) is 42.1 Å². The van der Waals surface area contributed by atoms with Crippen LogP contribution in [0.15, 0.2) is 16.9 Å². The van der Waals surface area contributed by atoms with E-state index in [0.717, 1.165) is 23.7 Å². The Morgan fingerprint density at radius 2 is 2.31 bits per heavy atom. The quantitative estimate of drug-likeness (QED) is 0.799. The van der Waals surface area contributed by atoms with E-state index >= 15 is 0 Å². The van der Waals surface area contributed by atoms with Gasteiger partial charge in [0.15, 0.2) is 0 Å². The molecule has 1 aromatic rings. The molecule has 3 fully saturated rings. The van der Waals surface area contributed by atoms with Crippen molar-refractivity contribution >= 4 is 21.9 Å². The zero-order valence-corrected chi connectivity index (χ0v) is 10.7. The zero-order chi connectivity index (χ0) is 11.4. The summed E-state index contributed by atoms with van der Waals surface area (Å²) < 4.78 is 8.07. The summed E-state index contributed by atoms with van der Waals surface area (Å²) in [6.45, 7) is 2.32. The molecule has 86 valence electrons. The number of rotatable bonds is 3. The predicted molar refractivity (Wildman–Crippen MR) is 60.8 cm³/mol. The Morgan fingerprint density at radius 3 is 2.81 bits per heavy atom. The Balaban J connectivity index is 1.72. The molecule has 5 heteroatoms. The Hall–Kier alpha value is -0.840. The molecule has 3 aliphatic carbocycles. The van der Waals surface area contributed by atoms with E-state index in [9.17, 15) is 4.79 Å². The molecule has 0 unspecified atom stereocenters. The third kappa shape index (κ3) is 1.15. The van der Waals surface area contributed by atoms with Crippen LogP contribution in [0.4, 0.5) is 0 Å². The first-order valence-electron chi connectivity index (χ1n) is 5.48. The lowest BCUT2D eigenvalue weighted by atomic mass is 9.39. The topological polar surface area (TPSA) is 44.1 Å². The van der Waals surface area contributed by atoms with E-state index < -0.39 is 0 Å². The second-order valence-corrected chi connectivity index (χ2v) is 5.77. The number of ether oxygens (including phenoxy) is 1. The summed E-state index contributed by atoms with van der Waals surface area (Å²) in [6.07, 6.45) is 6.42. The van der Waals surface area contributed by atoms with Crippen molar-refractivity contribution in [3.05, 3.63) is 16.9 Å². The average molecular weight is 285 g/mol. The summed E-state index contributed by atoms with van der Waals surface area (Å²) in [5.74, 6) is -0.0249. The van der Waals surface area contributed by atoms with Gasteiger partial charge in [0.2, 0.25) is 0 Å². The number of nitrogens with zero attached hydrogens (tertiary/aromatic N) is 2. The highest BCUT2D eigenvalue weighted by molar-refractivity contribution is 9.10. The molecule has 2 bridgehead atoms. The minimum atomic E-state index is -0.186. The molecular weight excluding hydrogens is 272 g/mol.